The van der Waals surface area contributed by atoms with E-state index in [-0.39, 0.29) is 0 Å². The number of hydrogen-bond acceptors (Lipinski definition) is 5. The first-order chi connectivity index (χ1) is 8.75. The number of nitrogens with two attached hydrogens (primary N) is 1. The van der Waals surface area contributed by atoms with E-state index in [9.17, 15) is 0 Å². The van der Waals surface area contributed by atoms with Gasteiger partial charge in [0.05, 0.1) is 10.7 Å². The first-order valence-electron chi connectivity index (χ1n) is 5.19. The Hall–Kier alpha value is -1.72. The van der Waals surface area contributed by atoms with Crippen molar-refractivity contribution in [3.05, 3.63) is 41.4 Å². The van der Waals surface area contributed by atoms with Crippen molar-refractivity contribution in [2.24, 2.45) is 0 Å². The maximum Gasteiger partial charge on any atom is 0.159 e. The lowest BCUT2D eigenvalue weighted by molar-refractivity contribution is 0.315. The second kappa shape index (κ2) is 4.51. The highest BCUT2D eigenvalue weighted by molar-refractivity contribution is 7.99. The van der Waals surface area contributed by atoms with E-state index >= 15 is 0 Å². The fraction of sp³-hybridized carbons (Fsp3) is 0. The first-order valence-corrected chi connectivity index (χ1v) is 6.38. The molecule has 0 amide bonds. The smallest absolute Gasteiger partial charge is 0.159 e. The summed E-state index contributed by atoms with van der Waals surface area (Å²) in [6.45, 7) is 0. The predicted octanol–water partition coefficient (Wildman–Crippen LogP) is 3.61. The van der Waals surface area contributed by atoms with Crippen LogP contribution in [0.4, 0.5) is 5.69 Å². The quantitative estimate of drug-likeness (QED) is 0.725. The van der Waals surface area contributed by atoms with E-state index in [4.69, 9.17) is 22.0 Å². The summed E-state index contributed by atoms with van der Waals surface area (Å²) in [6.07, 6.45) is 0. The Morgan fingerprint density at radius 2 is 1.78 bits per heavy atom. The molecular formula is C12H8ClN3OS. The maximum atomic E-state index is 6.13. The minimum Gasteiger partial charge on any atom is -0.397 e. The molecule has 0 fully saturated rings. The summed E-state index contributed by atoms with van der Waals surface area (Å²) < 4.78 is 4.73. The van der Waals surface area contributed by atoms with Crippen molar-refractivity contribution in [1.29, 1.82) is 0 Å². The van der Waals surface area contributed by atoms with Gasteiger partial charge >= 0.3 is 0 Å². The van der Waals surface area contributed by atoms with Crippen LogP contribution in [0.15, 0.2) is 50.8 Å². The summed E-state index contributed by atoms with van der Waals surface area (Å²) in [5.41, 5.74) is 7.57. The predicted molar refractivity (Wildman–Crippen MR) is 71.8 cm³/mol. The average molecular weight is 278 g/mol. The fourth-order valence-electron chi connectivity index (χ4n) is 1.59. The van der Waals surface area contributed by atoms with Crippen LogP contribution in [-0.2, 0) is 0 Å². The maximum absolute atomic E-state index is 6.13. The van der Waals surface area contributed by atoms with Gasteiger partial charge in [0.1, 0.15) is 0 Å². The molecule has 2 aromatic carbocycles. The van der Waals surface area contributed by atoms with Gasteiger partial charge in [0.25, 0.3) is 0 Å². The van der Waals surface area contributed by atoms with Crippen molar-refractivity contribution >= 4 is 40.1 Å². The van der Waals surface area contributed by atoms with Gasteiger partial charge in [-0.15, -0.1) is 0 Å². The van der Waals surface area contributed by atoms with Crippen LogP contribution in [0.1, 0.15) is 0 Å². The SMILES string of the molecule is Nc1ccc(Sc2ccccc2Cl)c2nonc12. The summed E-state index contributed by atoms with van der Waals surface area (Å²) in [4.78, 5) is 1.86. The highest BCUT2D eigenvalue weighted by Gasteiger charge is 2.12. The topological polar surface area (TPSA) is 64.9 Å². The van der Waals surface area contributed by atoms with E-state index in [1.807, 2.05) is 30.3 Å². The van der Waals surface area contributed by atoms with E-state index < -0.39 is 0 Å². The van der Waals surface area contributed by atoms with Gasteiger partial charge in [-0.1, -0.05) is 35.5 Å². The van der Waals surface area contributed by atoms with Crippen LogP contribution in [-0.4, -0.2) is 10.3 Å². The number of hydrogen-bond donors (Lipinski definition) is 1. The largest absolute Gasteiger partial charge is 0.397 e. The molecule has 1 heterocycles. The molecule has 4 nitrogen and oxygen atoms in total. The van der Waals surface area contributed by atoms with Crippen molar-refractivity contribution in [1.82, 2.24) is 10.3 Å². The van der Waals surface area contributed by atoms with Gasteiger partial charge in [-0.3, -0.25) is 0 Å². The van der Waals surface area contributed by atoms with Crippen LogP contribution in [0, 0.1) is 0 Å². The third-order valence-electron chi connectivity index (χ3n) is 2.47. The number of nitrogen functional groups attached to an aromatic ring is 1. The number of halogens is 1. The van der Waals surface area contributed by atoms with Gasteiger partial charge in [0, 0.05) is 9.79 Å². The highest BCUT2D eigenvalue weighted by atomic mass is 35.5. The number of fused-ring (bicyclic) bond motifs is 1. The molecule has 0 unspecified atom stereocenters. The molecular weight excluding hydrogens is 270 g/mol. The van der Waals surface area contributed by atoms with Crippen molar-refractivity contribution in [2.45, 2.75) is 9.79 Å². The molecule has 0 aliphatic heterocycles. The normalized spacial score (nSPS) is 10.9. The third kappa shape index (κ3) is 1.91. The molecule has 90 valence electrons. The minimum absolute atomic E-state index is 0.551. The second-order valence-electron chi connectivity index (χ2n) is 3.65. The lowest BCUT2D eigenvalue weighted by Gasteiger charge is -2.04. The molecule has 0 atom stereocenters. The second-order valence-corrected chi connectivity index (χ2v) is 5.14. The summed E-state index contributed by atoms with van der Waals surface area (Å²) in [6, 6.07) is 11.3. The number of aromatic nitrogens is 2. The summed E-state index contributed by atoms with van der Waals surface area (Å²) in [5.74, 6) is 0. The van der Waals surface area contributed by atoms with Crippen LogP contribution < -0.4 is 5.73 Å². The van der Waals surface area contributed by atoms with E-state index in [1.54, 1.807) is 6.07 Å². The molecule has 3 aromatic rings. The Kier molecular flexibility index (Phi) is 2.85. The number of benzene rings is 2. The van der Waals surface area contributed by atoms with Crippen LogP contribution >= 0.6 is 23.4 Å². The van der Waals surface area contributed by atoms with Crippen LogP contribution in [0.5, 0.6) is 0 Å². The van der Waals surface area contributed by atoms with Crippen molar-refractivity contribution in [2.75, 3.05) is 5.73 Å². The van der Waals surface area contributed by atoms with Gasteiger partial charge in [-0.05, 0) is 34.6 Å². The van der Waals surface area contributed by atoms with E-state index in [2.05, 4.69) is 10.3 Å². The Morgan fingerprint density at radius 1 is 1.00 bits per heavy atom. The van der Waals surface area contributed by atoms with Gasteiger partial charge < -0.3 is 5.73 Å². The monoisotopic (exact) mass is 277 g/mol. The number of anilines is 1. The van der Waals surface area contributed by atoms with Gasteiger partial charge in [0.2, 0.25) is 0 Å². The molecule has 0 aliphatic rings. The van der Waals surface area contributed by atoms with Crippen molar-refractivity contribution in [3.8, 4) is 0 Å². The summed E-state index contributed by atoms with van der Waals surface area (Å²) >= 11 is 7.63. The molecule has 0 spiro atoms. The lowest BCUT2D eigenvalue weighted by atomic mass is 10.3. The Bertz CT molecular complexity index is 713. The van der Waals surface area contributed by atoms with Crippen LogP contribution in [0.25, 0.3) is 11.0 Å². The van der Waals surface area contributed by atoms with Crippen LogP contribution in [0.2, 0.25) is 5.02 Å². The van der Waals surface area contributed by atoms with Gasteiger partial charge in [-0.2, -0.15) is 0 Å². The Labute approximate surface area is 112 Å². The third-order valence-corrected chi connectivity index (χ3v) is 4.03. The van der Waals surface area contributed by atoms with E-state index in [0.29, 0.717) is 21.7 Å². The number of nitrogens with zero attached hydrogens (tertiary/aromatic N) is 2. The van der Waals surface area contributed by atoms with Gasteiger partial charge in [-0.25, -0.2) is 4.63 Å². The average Bonchev–Trinajstić information content (AvgIpc) is 2.85. The Balaban J connectivity index is 2.08. The molecule has 3 rings (SSSR count). The molecule has 0 bridgehead atoms. The molecule has 18 heavy (non-hydrogen) atoms. The molecule has 1 aromatic heterocycles. The zero-order valence-corrected chi connectivity index (χ0v) is 10.7. The summed E-state index contributed by atoms with van der Waals surface area (Å²) in [5, 5.41) is 8.36. The fourth-order valence-corrected chi connectivity index (χ4v) is 2.76. The highest BCUT2D eigenvalue weighted by Crippen LogP contribution is 2.37. The zero-order valence-electron chi connectivity index (χ0n) is 9.13. The van der Waals surface area contributed by atoms with Crippen molar-refractivity contribution in [3.63, 3.8) is 0 Å². The van der Waals surface area contributed by atoms with E-state index in [1.165, 1.54) is 11.8 Å². The van der Waals surface area contributed by atoms with Crippen molar-refractivity contribution < 1.29 is 4.63 Å². The first kappa shape index (κ1) is 11.4. The summed E-state index contributed by atoms with van der Waals surface area (Å²) in [7, 11) is 0. The standard InChI is InChI=1S/C12H8ClN3OS/c13-7-3-1-2-4-9(7)18-10-6-5-8(14)11-12(10)16-17-15-11/h1-6H,14H2. The Morgan fingerprint density at radius 3 is 2.61 bits per heavy atom. The van der Waals surface area contributed by atoms with Gasteiger partial charge in [0.15, 0.2) is 11.0 Å². The van der Waals surface area contributed by atoms with E-state index in [0.717, 1.165) is 9.79 Å². The molecule has 6 heteroatoms. The number of rotatable bonds is 2. The molecule has 0 aliphatic carbocycles. The molecule has 0 saturated heterocycles. The molecule has 0 saturated carbocycles. The molecule has 2 N–H and O–H groups in total. The van der Waals surface area contributed by atoms with Crippen LogP contribution in [0.3, 0.4) is 0 Å². The minimum atomic E-state index is 0.551. The lowest BCUT2D eigenvalue weighted by Crippen LogP contribution is -1.87. The molecule has 0 radical (unpaired) electrons. The zero-order chi connectivity index (χ0) is 12.5.